The summed E-state index contributed by atoms with van der Waals surface area (Å²) in [5, 5.41) is 0. The van der Waals surface area contributed by atoms with Crippen molar-refractivity contribution in [1.29, 1.82) is 0 Å². The minimum atomic E-state index is -4.79. The first-order chi connectivity index (χ1) is 16.8. The molecule has 0 unspecified atom stereocenters. The molecule has 35 heavy (non-hydrogen) atoms. The number of aryl methyl sites for hydroxylation is 1. The lowest BCUT2D eigenvalue weighted by Gasteiger charge is -2.18. The van der Waals surface area contributed by atoms with Crippen LogP contribution in [0.1, 0.15) is 11.4 Å². The van der Waals surface area contributed by atoms with Gasteiger partial charge in [-0.1, -0.05) is 60.2 Å². The van der Waals surface area contributed by atoms with Crippen LogP contribution in [0.3, 0.4) is 0 Å². The van der Waals surface area contributed by atoms with Gasteiger partial charge in [0.2, 0.25) is 5.82 Å². The number of aromatic nitrogens is 4. The van der Waals surface area contributed by atoms with E-state index in [1.165, 1.54) is 35.2 Å². The summed E-state index contributed by atoms with van der Waals surface area (Å²) in [5.41, 5.74) is 3.69. The Bertz CT molecular complexity index is 1490. The molecule has 2 heterocycles. The highest BCUT2D eigenvalue weighted by atomic mass is 19.4. The van der Waals surface area contributed by atoms with Crippen molar-refractivity contribution >= 4 is 0 Å². The lowest BCUT2D eigenvalue weighted by Crippen LogP contribution is -2.15. The molecule has 0 radical (unpaired) electrons. The highest BCUT2D eigenvalue weighted by molar-refractivity contribution is 5.86. The number of rotatable bonds is 4. The number of benzene rings is 3. The average molecular weight is 474 g/mol. The summed E-state index contributed by atoms with van der Waals surface area (Å²) in [4.78, 5) is 12.2. The summed E-state index contributed by atoms with van der Waals surface area (Å²) in [7, 11) is 0. The van der Waals surface area contributed by atoms with Crippen LogP contribution < -0.4 is 0 Å². The molecule has 0 amide bonds. The second kappa shape index (κ2) is 8.79. The van der Waals surface area contributed by atoms with Crippen LogP contribution in [0.5, 0.6) is 0 Å². The van der Waals surface area contributed by atoms with E-state index in [0.29, 0.717) is 22.4 Å². The molecule has 174 valence electrons. The lowest BCUT2D eigenvalue weighted by molar-refractivity contribution is -0.144. The predicted molar refractivity (Wildman–Crippen MR) is 125 cm³/mol. The zero-order valence-corrected chi connectivity index (χ0v) is 18.5. The number of hydrogen-bond donors (Lipinski definition) is 0. The Morgan fingerprint density at radius 1 is 0.771 bits per heavy atom. The molecule has 0 N–H and O–H groups in total. The van der Waals surface area contributed by atoms with E-state index in [2.05, 4.69) is 15.0 Å². The Labute approximate surface area is 198 Å². The third-order valence-electron chi connectivity index (χ3n) is 5.46. The van der Waals surface area contributed by atoms with Gasteiger partial charge in [-0.25, -0.2) is 19.3 Å². The fourth-order valence-corrected chi connectivity index (χ4v) is 3.84. The van der Waals surface area contributed by atoms with E-state index in [9.17, 15) is 17.6 Å². The van der Waals surface area contributed by atoms with E-state index < -0.39 is 17.8 Å². The van der Waals surface area contributed by atoms with Gasteiger partial charge in [-0.05, 0) is 36.8 Å². The number of imidazole rings is 1. The number of halogens is 4. The summed E-state index contributed by atoms with van der Waals surface area (Å²) in [6, 6.07) is 21.8. The average Bonchev–Trinajstić information content (AvgIpc) is 3.34. The van der Waals surface area contributed by atoms with E-state index in [4.69, 9.17) is 0 Å². The molecule has 0 bridgehead atoms. The van der Waals surface area contributed by atoms with Gasteiger partial charge < -0.3 is 0 Å². The van der Waals surface area contributed by atoms with Crippen molar-refractivity contribution < 1.29 is 17.6 Å². The third-order valence-corrected chi connectivity index (χ3v) is 5.46. The van der Waals surface area contributed by atoms with Gasteiger partial charge in [0.05, 0.1) is 17.0 Å². The zero-order chi connectivity index (χ0) is 24.6. The minimum Gasteiger partial charge on any atom is -0.289 e. The summed E-state index contributed by atoms with van der Waals surface area (Å²) in [6.07, 6.45) is -1.73. The van der Waals surface area contributed by atoms with Crippen LogP contribution >= 0.6 is 0 Å². The first-order valence-corrected chi connectivity index (χ1v) is 10.7. The topological polar surface area (TPSA) is 43.6 Å². The number of alkyl halides is 3. The SMILES string of the molecule is Cc1cccc(-c2c(-c3ccc(F)cc3)nc(C(F)(F)F)nc2-n2cnc(-c3ccccc3)c2)c1. The monoisotopic (exact) mass is 474 g/mol. The molecule has 0 saturated heterocycles. The molecule has 0 fully saturated rings. The third kappa shape index (κ3) is 4.55. The molecule has 4 nitrogen and oxygen atoms in total. The summed E-state index contributed by atoms with van der Waals surface area (Å²) in [6.45, 7) is 1.89. The lowest BCUT2D eigenvalue weighted by atomic mass is 9.98. The summed E-state index contributed by atoms with van der Waals surface area (Å²) in [5.74, 6) is -1.77. The van der Waals surface area contributed by atoms with Crippen LogP contribution in [0.2, 0.25) is 0 Å². The molecule has 0 aliphatic rings. The number of nitrogens with zero attached hydrogens (tertiary/aromatic N) is 4. The summed E-state index contributed by atoms with van der Waals surface area (Å²) < 4.78 is 56.8. The Morgan fingerprint density at radius 2 is 1.49 bits per heavy atom. The molecule has 0 spiro atoms. The molecule has 2 aromatic heterocycles. The molecule has 3 aromatic carbocycles. The summed E-state index contributed by atoms with van der Waals surface area (Å²) >= 11 is 0. The van der Waals surface area contributed by atoms with Crippen molar-refractivity contribution in [2.75, 3.05) is 0 Å². The van der Waals surface area contributed by atoms with Gasteiger partial charge in [0.1, 0.15) is 12.1 Å². The second-order valence-corrected chi connectivity index (χ2v) is 8.00. The van der Waals surface area contributed by atoms with Gasteiger partial charge in [0.25, 0.3) is 0 Å². The highest BCUT2D eigenvalue weighted by Crippen LogP contribution is 2.38. The normalized spacial score (nSPS) is 11.6. The van der Waals surface area contributed by atoms with Gasteiger partial charge in [-0.2, -0.15) is 13.2 Å². The van der Waals surface area contributed by atoms with Crippen LogP contribution in [-0.2, 0) is 6.18 Å². The maximum Gasteiger partial charge on any atom is 0.451 e. The first kappa shape index (κ1) is 22.5. The van der Waals surface area contributed by atoms with Gasteiger partial charge in [0, 0.05) is 17.3 Å². The van der Waals surface area contributed by atoms with E-state index >= 15 is 0 Å². The molecule has 5 aromatic rings. The first-order valence-electron chi connectivity index (χ1n) is 10.7. The van der Waals surface area contributed by atoms with Crippen LogP contribution in [0, 0.1) is 12.7 Å². The van der Waals surface area contributed by atoms with E-state index in [1.807, 2.05) is 55.5 Å². The molecule has 5 rings (SSSR count). The second-order valence-electron chi connectivity index (χ2n) is 8.00. The molecule has 8 heteroatoms. The highest BCUT2D eigenvalue weighted by Gasteiger charge is 2.37. The van der Waals surface area contributed by atoms with Crippen molar-refractivity contribution in [2.24, 2.45) is 0 Å². The Balaban J connectivity index is 1.82. The van der Waals surface area contributed by atoms with Crippen LogP contribution in [0.25, 0.3) is 39.5 Å². The Morgan fingerprint density at radius 3 is 2.17 bits per heavy atom. The van der Waals surface area contributed by atoms with Crippen molar-refractivity contribution in [3.8, 4) is 39.5 Å². The van der Waals surface area contributed by atoms with Crippen LogP contribution in [-0.4, -0.2) is 19.5 Å². The maximum atomic E-state index is 13.9. The smallest absolute Gasteiger partial charge is 0.289 e. The molecule has 0 aliphatic carbocycles. The molecule has 0 saturated carbocycles. The van der Waals surface area contributed by atoms with Gasteiger partial charge in [0.15, 0.2) is 5.82 Å². The zero-order valence-electron chi connectivity index (χ0n) is 18.5. The van der Waals surface area contributed by atoms with Crippen molar-refractivity contribution in [3.63, 3.8) is 0 Å². The largest absolute Gasteiger partial charge is 0.451 e. The van der Waals surface area contributed by atoms with E-state index in [1.54, 1.807) is 12.3 Å². The minimum absolute atomic E-state index is 0.0203. The fourth-order valence-electron chi connectivity index (χ4n) is 3.84. The fraction of sp³-hybridized carbons (Fsp3) is 0.0741. The Kier molecular flexibility index (Phi) is 5.64. The molecule has 0 aliphatic heterocycles. The molecular weight excluding hydrogens is 456 g/mol. The predicted octanol–water partition coefficient (Wildman–Crippen LogP) is 7.13. The Hall–Kier alpha value is -4.33. The molecule has 0 atom stereocenters. The number of hydrogen-bond acceptors (Lipinski definition) is 3. The van der Waals surface area contributed by atoms with Crippen molar-refractivity contribution in [2.45, 2.75) is 13.1 Å². The van der Waals surface area contributed by atoms with Crippen molar-refractivity contribution in [3.05, 3.63) is 109 Å². The maximum absolute atomic E-state index is 13.9. The van der Waals surface area contributed by atoms with Crippen molar-refractivity contribution in [1.82, 2.24) is 19.5 Å². The van der Waals surface area contributed by atoms with Gasteiger partial charge in [-0.15, -0.1) is 0 Å². The van der Waals surface area contributed by atoms with Gasteiger partial charge in [-0.3, -0.25) is 4.57 Å². The quantitative estimate of drug-likeness (QED) is 0.260. The van der Waals surface area contributed by atoms with Crippen LogP contribution in [0.4, 0.5) is 17.6 Å². The molecular formula is C27H18F4N4. The van der Waals surface area contributed by atoms with E-state index in [-0.39, 0.29) is 11.5 Å². The standard InChI is InChI=1S/C27H18F4N4/c1-17-6-5-9-20(14-17)23-24(19-10-12-21(28)13-11-19)33-26(27(29,30)31)34-25(23)35-15-22(32-16-35)18-7-3-2-4-8-18/h2-16H,1H3. The van der Waals surface area contributed by atoms with E-state index in [0.717, 1.165) is 11.1 Å². The van der Waals surface area contributed by atoms with Gasteiger partial charge >= 0.3 is 6.18 Å². The van der Waals surface area contributed by atoms with Crippen LogP contribution in [0.15, 0.2) is 91.4 Å².